The first-order valence-electron chi connectivity index (χ1n) is 5.81. The third kappa shape index (κ3) is 2.59. The SMILES string of the molecule is COc1ccc(C(=O)c2cnc(N)c(C(=N)N)c2)cc1. The lowest BCUT2D eigenvalue weighted by Gasteiger charge is -2.06. The second kappa shape index (κ2) is 5.40. The number of nitrogens with zero attached hydrogens (tertiary/aromatic N) is 1. The molecule has 0 aliphatic rings. The van der Waals surface area contributed by atoms with Gasteiger partial charge < -0.3 is 16.2 Å². The molecular formula is C14H14N4O2. The molecule has 6 nitrogen and oxygen atoms in total. The van der Waals surface area contributed by atoms with Crippen LogP contribution in [0.4, 0.5) is 5.82 Å². The van der Waals surface area contributed by atoms with Crippen molar-refractivity contribution < 1.29 is 9.53 Å². The fraction of sp³-hybridized carbons (Fsp3) is 0.0714. The van der Waals surface area contributed by atoms with Gasteiger partial charge in [-0.2, -0.15) is 0 Å². The third-order valence-corrected chi connectivity index (χ3v) is 2.82. The lowest BCUT2D eigenvalue weighted by Crippen LogP contribution is -2.16. The zero-order valence-corrected chi connectivity index (χ0v) is 10.9. The molecule has 0 bridgehead atoms. The molecule has 0 unspecified atom stereocenters. The Balaban J connectivity index is 2.37. The largest absolute Gasteiger partial charge is 0.497 e. The van der Waals surface area contributed by atoms with Crippen LogP contribution in [0.25, 0.3) is 0 Å². The molecule has 6 heteroatoms. The van der Waals surface area contributed by atoms with Crippen LogP contribution < -0.4 is 16.2 Å². The normalized spacial score (nSPS) is 10.1. The smallest absolute Gasteiger partial charge is 0.194 e. The van der Waals surface area contributed by atoms with E-state index >= 15 is 0 Å². The van der Waals surface area contributed by atoms with Gasteiger partial charge in [-0.1, -0.05) is 0 Å². The molecule has 102 valence electrons. The van der Waals surface area contributed by atoms with Crippen LogP contribution in [0.2, 0.25) is 0 Å². The van der Waals surface area contributed by atoms with E-state index in [0.717, 1.165) is 0 Å². The lowest BCUT2D eigenvalue weighted by molar-refractivity contribution is 0.103. The topological polar surface area (TPSA) is 115 Å². The van der Waals surface area contributed by atoms with Crippen LogP contribution in [-0.2, 0) is 0 Å². The van der Waals surface area contributed by atoms with Crippen molar-refractivity contribution in [3.05, 3.63) is 53.2 Å². The van der Waals surface area contributed by atoms with Crippen molar-refractivity contribution in [3.63, 3.8) is 0 Å². The molecule has 1 aromatic heterocycles. The van der Waals surface area contributed by atoms with Gasteiger partial charge in [-0.25, -0.2) is 4.98 Å². The number of carbonyl (C=O) groups is 1. The highest BCUT2D eigenvalue weighted by molar-refractivity contribution is 6.10. The number of anilines is 1. The molecule has 0 radical (unpaired) electrons. The summed E-state index contributed by atoms with van der Waals surface area (Å²) in [6, 6.07) is 8.18. The third-order valence-electron chi connectivity index (χ3n) is 2.82. The summed E-state index contributed by atoms with van der Waals surface area (Å²) in [7, 11) is 1.56. The summed E-state index contributed by atoms with van der Waals surface area (Å²) in [5, 5.41) is 7.40. The number of nitrogens with two attached hydrogens (primary N) is 2. The van der Waals surface area contributed by atoms with Crippen LogP contribution in [0.5, 0.6) is 5.75 Å². The van der Waals surface area contributed by atoms with Gasteiger partial charge in [0.25, 0.3) is 0 Å². The maximum atomic E-state index is 12.3. The molecule has 0 atom stereocenters. The molecule has 0 aliphatic heterocycles. The first-order chi connectivity index (χ1) is 9.52. The Morgan fingerprint density at radius 2 is 1.90 bits per heavy atom. The Morgan fingerprint density at radius 1 is 1.25 bits per heavy atom. The number of pyridine rings is 1. The number of benzene rings is 1. The predicted octanol–water partition coefficient (Wildman–Crippen LogP) is 1.19. The van der Waals surface area contributed by atoms with Gasteiger partial charge in [0, 0.05) is 17.3 Å². The minimum absolute atomic E-state index is 0.129. The molecule has 0 spiro atoms. The van der Waals surface area contributed by atoms with E-state index in [2.05, 4.69) is 4.98 Å². The summed E-state index contributed by atoms with van der Waals surface area (Å²) in [6.45, 7) is 0. The van der Waals surface area contributed by atoms with Gasteiger partial charge in [-0.3, -0.25) is 10.2 Å². The highest BCUT2D eigenvalue weighted by Crippen LogP contribution is 2.17. The molecule has 0 fully saturated rings. The molecule has 0 saturated heterocycles. The number of carbonyl (C=O) groups excluding carboxylic acids is 1. The summed E-state index contributed by atoms with van der Waals surface area (Å²) in [4.78, 5) is 16.2. The second-order valence-electron chi connectivity index (χ2n) is 4.13. The molecular weight excluding hydrogens is 256 g/mol. The van der Waals surface area contributed by atoms with Crippen molar-refractivity contribution >= 4 is 17.4 Å². The van der Waals surface area contributed by atoms with Gasteiger partial charge in [-0.05, 0) is 30.3 Å². The molecule has 0 amide bonds. The fourth-order valence-corrected chi connectivity index (χ4v) is 1.72. The van der Waals surface area contributed by atoms with Crippen LogP contribution in [0.15, 0.2) is 36.5 Å². The minimum atomic E-state index is -0.223. The highest BCUT2D eigenvalue weighted by atomic mass is 16.5. The van der Waals surface area contributed by atoms with E-state index in [-0.39, 0.29) is 23.0 Å². The Hall–Kier alpha value is -2.89. The van der Waals surface area contributed by atoms with Crippen LogP contribution in [0, 0.1) is 5.41 Å². The molecule has 5 N–H and O–H groups in total. The van der Waals surface area contributed by atoms with Crippen LogP contribution in [0.1, 0.15) is 21.5 Å². The Morgan fingerprint density at radius 3 is 2.45 bits per heavy atom. The average Bonchev–Trinajstić information content (AvgIpc) is 2.47. The summed E-state index contributed by atoms with van der Waals surface area (Å²) in [5.41, 5.74) is 12.1. The van der Waals surface area contributed by atoms with E-state index in [9.17, 15) is 4.79 Å². The quantitative estimate of drug-likeness (QED) is 0.438. The second-order valence-corrected chi connectivity index (χ2v) is 4.13. The maximum Gasteiger partial charge on any atom is 0.194 e. The van der Waals surface area contributed by atoms with E-state index in [4.69, 9.17) is 21.6 Å². The monoisotopic (exact) mass is 270 g/mol. The fourth-order valence-electron chi connectivity index (χ4n) is 1.72. The van der Waals surface area contributed by atoms with Crippen molar-refractivity contribution in [2.24, 2.45) is 5.73 Å². The van der Waals surface area contributed by atoms with Crippen molar-refractivity contribution in [2.75, 3.05) is 12.8 Å². The van der Waals surface area contributed by atoms with E-state index in [1.165, 1.54) is 12.3 Å². The highest BCUT2D eigenvalue weighted by Gasteiger charge is 2.13. The van der Waals surface area contributed by atoms with Gasteiger partial charge in [0.05, 0.1) is 12.7 Å². The number of methoxy groups -OCH3 is 1. The zero-order valence-electron chi connectivity index (χ0n) is 10.9. The molecule has 2 aromatic rings. The molecule has 20 heavy (non-hydrogen) atoms. The standard InChI is InChI=1S/C14H14N4O2/c1-20-10-4-2-8(3-5-10)12(19)9-6-11(13(15)16)14(17)18-7-9/h2-7H,1H3,(H3,15,16)(H2,17,18). The van der Waals surface area contributed by atoms with Gasteiger partial charge >= 0.3 is 0 Å². The number of hydrogen-bond donors (Lipinski definition) is 3. The summed E-state index contributed by atoms with van der Waals surface area (Å²) in [5.74, 6) is 0.354. The number of hydrogen-bond acceptors (Lipinski definition) is 5. The van der Waals surface area contributed by atoms with E-state index in [1.807, 2.05) is 0 Å². The van der Waals surface area contributed by atoms with E-state index in [0.29, 0.717) is 16.9 Å². The Bertz CT molecular complexity index is 665. The number of nitrogens with one attached hydrogen (secondary N) is 1. The Kier molecular flexibility index (Phi) is 3.65. The van der Waals surface area contributed by atoms with Crippen LogP contribution in [-0.4, -0.2) is 23.7 Å². The van der Waals surface area contributed by atoms with E-state index in [1.54, 1.807) is 31.4 Å². The molecule has 2 rings (SSSR count). The predicted molar refractivity (Wildman–Crippen MR) is 76.1 cm³/mol. The number of aromatic nitrogens is 1. The molecule has 1 heterocycles. The number of rotatable bonds is 4. The lowest BCUT2D eigenvalue weighted by atomic mass is 10.0. The number of ketones is 1. The van der Waals surface area contributed by atoms with Crippen molar-refractivity contribution in [1.82, 2.24) is 4.98 Å². The van der Waals surface area contributed by atoms with Gasteiger partial charge in [0.1, 0.15) is 17.4 Å². The summed E-state index contributed by atoms with van der Waals surface area (Å²) >= 11 is 0. The first-order valence-corrected chi connectivity index (χ1v) is 5.81. The molecule has 0 aliphatic carbocycles. The van der Waals surface area contributed by atoms with Crippen molar-refractivity contribution in [3.8, 4) is 5.75 Å². The van der Waals surface area contributed by atoms with Crippen LogP contribution in [0.3, 0.4) is 0 Å². The van der Waals surface area contributed by atoms with Gasteiger partial charge in [0.15, 0.2) is 5.78 Å². The number of nitrogen functional groups attached to an aromatic ring is 2. The van der Waals surface area contributed by atoms with E-state index < -0.39 is 0 Å². The average molecular weight is 270 g/mol. The van der Waals surface area contributed by atoms with Gasteiger partial charge in [-0.15, -0.1) is 0 Å². The van der Waals surface area contributed by atoms with Gasteiger partial charge in [0.2, 0.25) is 0 Å². The minimum Gasteiger partial charge on any atom is -0.497 e. The Labute approximate surface area is 115 Å². The number of amidine groups is 1. The maximum absolute atomic E-state index is 12.3. The molecule has 1 aromatic carbocycles. The summed E-state index contributed by atoms with van der Waals surface area (Å²) in [6.07, 6.45) is 1.37. The first kappa shape index (κ1) is 13.5. The van der Waals surface area contributed by atoms with Crippen molar-refractivity contribution in [1.29, 1.82) is 5.41 Å². The summed E-state index contributed by atoms with van der Waals surface area (Å²) < 4.78 is 5.04. The van der Waals surface area contributed by atoms with Crippen LogP contribution >= 0.6 is 0 Å². The zero-order chi connectivity index (χ0) is 14.7. The molecule has 0 saturated carbocycles. The van der Waals surface area contributed by atoms with Crippen molar-refractivity contribution in [2.45, 2.75) is 0 Å². The number of ether oxygens (including phenoxy) is 1.